The smallest absolute Gasteiger partial charge is 0.0616 e. The zero-order valence-corrected chi connectivity index (χ0v) is 8.59. The van der Waals surface area contributed by atoms with E-state index in [0.29, 0.717) is 5.69 Å². The van der Waals surface area contributed by atoms with Crippen molar-refractivity contribution in [1.82, 2.24) is 0 Å². The molecule has 0 radical (unpaired) electrons. The normalized spacial score (nSPS) is 10.4. The standard InChI is InChI=1S/C14H9N2/c15-16-14-12-7-3-1-5-10(12)9-11-6-2-4-8-13(11)14/h1-9H/q+1. The maximum absolute atomic E-state index is 9.16. The summed E-state index contributed by atoms with van der Waals surface area (Å²) in [6, 6.07) is 18.0. The van der Waals surface area contributed by atoms with Crippen LogP contribution in [0.2, 0.25) is 0 Å². The van der Waals surface area contributed by atoms with Crippen molar-refractivity contribution >= 4 is 27.2 Å². The second-order valence-corrected chi connectivity index (χ2v) is 3.77. The van der Waals surface area contributed by atoms with Crippen LogP contribution in [0.1, 0.15) is 0 Å². The molecule has 0 aliphatic rings. The fourth-order valence-electron chi connectivity index (χ4n) is 2.10. The van der Waals surface area contributed by atoms with Crippen LogP contribution in [0.5, 0.6) is 0 Å². The third kappa shape index (κ3) is 1.15. The molecule has 0 saturated carbocycles. The number of hydrogen-bond acceptors (Lipinski definition) is 1. The summed E-state index contributed by atoms with van der Waals surface area (Å²) in [5.41, 5.74) is 0.647. The first-order valence-corrected chi connectivity index (χ1v) is 5.16. The van der Waals surface area contributed by atoms with E-state index < -0.39 is 0 Å². The van der Waals surface area contributed by atoms with E-state index in [1.54, 1.807) is 0 Å². The van der Waals surface area contributed by atoms with Crippen molar-refractivity contribution in [2.24, 2.45) is 0 Å². The second kappa shape index (κ2) is 3.32. The van der Waals surface area contributed by atoms with Crippen molar-refractivity contribution in [3.63, 3.8) is 0 Å². The maximum Gasteiger partial charge on any atom is 0.400 e. The summed E-state index contributed by atoms with van der Waals surface area (Å²) in [6.45, 7) is 0. The Bertz CT molecular complexity index is 669. The third-order valence-corrected chi connectivity index (χ3v) is 2.84. The van der Waals surface area contributed by atoms with E-state index in [4.69, 9.17) is 5.39 Å². The van der Waals surface area contributed by atoms with Gasteiger partial charge in [-0.2, -0.15) is 0 Å². The molecule has 0 amide bonds. The van der Waals surface area contributed by atoms with E-state index in [0.717, 1.165) is 21.5 Å². The lowest BCUT2D eigenvalue weighted by atomic mass is 10.0. The van der Waals surface area contributed by atoms with E-state index >= 15 is 0 Å². The summed E-state index contributed by atoms with van der Waals surface area (Å²) >= 11 is 0. The number of benzene rings is 3. The molecular formula is C14H9N2+. The third-order valence-electron chi connectivity index (χ3n) is 2.84. The van der Waals surface area contributed by atoms with Gasteiger partial charge >= 0.3 is 5.69 Å². The minimum Gasteiger partial charge on any atom is -0.0616 e. The Morgan fingerprint density at radius 1 is 0.750 bits per heavy atom. The molecular weight excluding hydrogens is 196 g/mol. The molecule has 0 unspecified atom stereocenters. The number of fused-ring (bicyclic) bond motifs is 2. The number of hydrogen-bond donors (Lipinski definition) is 0. The molecule has 2 heteroatoms. The first-order chi connectivity index (χ1) is 7.90. The van der Waals surface area contributed by atoms with Gasteiger partial charge in [-0.3, -0.25) is 0 Å². The van der Waals surface area contributed by atoms with Crippen molar-refractivity contribution in [1.29, 1.82) is 5.39 Å². The molecule has 3 rings (SSSR count). The SMILES string of the molecule is N#[N+]c1c2ccccc2cc2ccccc12. The lowest BCUT2D eigenvalue weighted by Crippen LogP contribution is -1.76. The van der Waals surface area contributed by atoms with Gasteiger partial charge in [0.25, 0.3) is 0 Å². The van der Waals surface area contributed by atoms with Gasteiger partial charge in [-0.1, -0.05) is 36.4 Å². The summed E-state index contributed by atoms with van der Waals surface area (Å²) in [5.74, 6) is 0. The van der Waals surface area contributed by atoms with E-state index in [1.807, 2.05) is 48.5 Å². The van der Waals surface area contributed by atoms with Gasteiger partial charge in [0.1, 0.15) is 0 Å². The fourth-order valence-corrected chi connectivity index (χ4v) is 2.10. The minimum absolute atomic E-state index is 0.647. The van der Waals surface area contributed by atoms with Crippen molar-refractivity contribution in [2.45, 2.75) is 0 Å². The first kappa shape index (κ1) is 8.87. The molecule has 16 heavy (non-hydrogen) atoms. The molecule has 3 aromatic carbocycles. The van der Waals surface area contributed by atoms with Gasteiger partial charge in [-0.15, -0.1) is 0 Å². The Balaban J connectivity index is 2.63. The summed E-state index contributed by atoms with van der Waals surface area (Å²) in [6.07, 6.45) is 0. The number of nitrogens with zero attached hydrogens (tertiary/aromatic N) is 2. The molecule has 0 saturated heterocycles. The highest BCUT2D eigenvalue weighted by Gasteiger charge is 2.16. The highest BCUT2D eigenvalue weighted by atomic mass is 14.9. The minimum atomic E-state index is 0.647. The van der Waals surface area contributed by atoms with E-state index in [9.17, 15) is 0 Å². The molecule has 0 fully saturated rings. The van der Waals surface area contributed by atoms with Gasteiger partial charge in [-0.25, -0.2) is 0 Å². The zero-order valence-electron chi connectivity index (χ0n) is 8.59. The second-order valence-electron chi connectivity index (χ2n) is 3.77. The van der Waals surface area contributed by atoms with Gasteiger partial charge in [0.15, 0.2) is 4.98 Å². The molecule has 0 aliphatic carbocycles. The van der Waals surface area contributed by atoms with Crippen LogP contribution in [0.4, 0.5) is 5.69 Å². The predicted molar refractivity (Wildman–Crippen MR) is 66.2 cm³/mol. The Morgan fingerprint density at radius 3 is 1.75 bits per heavy atom. The molecule has 2 nitrogen and oxygen atoms in total. The molecule has 0 aromatic heterocycles. The Kier molecular flexibility index (Phi) is 1.84. The van der Waals surface area contributed by atoms with Gasteiger partial charge in [0.05, 0.1) is 10.8 Å². The number of diazo groups is 1. The quantitative estimate of drug-likeness (QED) is 0.393. The Labute approximate surface area is 92.8 Å². The fraction of sp³-hybridized carbons (Fsp3) is 0. The lowest BCUT2D eigenvalue weighted by molar-refractivity contribution is 1.48. The van der Waals surface area contributed by atoms with Crippen LogP contribution >= 0.6 is 0 Å². The molecule has 3 aromatic rings. The molecule has 0 atom stereocenters. The topological polar surface area (TPSA) is 28.1 Å². The average molecular weight is 205 g/mol. The van der Waals surface area contributed by atoms with Crippen LogP contribution in [0, 0.1) is 5.39 Å². The van der Waals surface area contributed by atoms with Crippen LogP contribution in [-0.4, -0.2) is 0 Å². The summed E-state index contributed by atoms with van der Waals surface area (Å²) in [4.78, 5) is 3.43. The summed E-state index contributed by atoms with van der Waals surface area (Å²) in [5, 5.41) is 13.3. The lowest BCUT2D eigenvalue weighted by Gasteiger charge is -1.98. The zero-order chi connectivity index (χ0) is 11.0. The van der Waals surface area contributed by atoms with Crippen LogP contribution in [0.3, 0.4) is 0 Å². The van der Waals surface area contributed by atoms with Crippen LogP contribution in [0.15, 0.2) is 54.6 Å². The summed E-state index contributed by atoms with van der Waals surface area (Å²) in [7, 11) is 0. The molecule has 74 valence electrons. The van der Waals surface area contributed by atoms with Crippen molar-refractivity contribution in [2.75, 3.05) is 0 Å². The maximum atomic E-state index is 9.16. The summed E-state index contributed by atoms with van der Waals surface area (Å²) < 4.78 is 0. The monoisotopic (exact) mass is 205 g/mol. The highest BCUT2D eigenvalue weighted by Crippen LogP contribution is 2.34. The molecule has 0 aliphatic heterocycles. The van der Waals surface area contributed by atoms with E-state index in [-0.39, 0.29) is 0 Å². The van der Waals surface area contributed by atoms with Crippen LogP contribution < -0.4 is 0 Å². The van der Waals surface area contributed by atoms with Gasteiger partial charge in [0, 0.05) is 0 Å². The van der Waals surface area contributed by atoms with Crippen LogP contribution in [0.25, 0.3) is 26.5 Å². The molecule has 0 heterocycles. The van der Waals surface area contributed by atoms with E-state index in [2.05, 4.69) is 11.0 Å². The van der Waals surface area contributed by atoms with Gasteiger partial charge in [-0.05, 0) is 29.0 Å². The van der Waals surface area contributed by atoms with Crippen molar-refractivity contribution in [3.05, 3.63) is 59.6 Å². The van der Waals surface area contributed by atoms with E-state index in [1.165, 1.54) is 0 Å². The largest absolute Gasteiger partial charge is 0.400 e. The predicted octanol–water partition coefficient (Wildman–Crippen LogP) is 4.48. The first-order valence-electron chi connectivity index (χ1n) is 5.16. The van der Waals surface area contributed by atoms with Gasteiger partial charge in [0.2, 0.25) is 5.39 Å². The number of rotatable bonds is 0. The van der Waals surface area contributed by atoms with Crippen molar-refractivity contribution < 1.29 is 0 Å². The highest BCUT2D eigenvalue weighted by molar-refractivity contribution is 6.11. The van der Waals surface area contributed by atoms with Crippen molar-refractivity contribution in [3.8, 4) is 0 Å². The Morgan fingerprint density at radius 2 is 1.25 bits per heavy atom. The Hall–Kier alpha value is -2.40. The van der Waals surface area contributed by atoms with Crippen LogP contribution in [-0.2, 0) is 0 Å². The molecule has 0 spiro atoms. The van der Waals surface area contributed by atoms with Gasteiger partial charge < -0.3 is 0 Å². The average Bonchev–Trinajstić information content (AvgIpc) is 2.36. The molecule has 0 N–H and O–H groups in total. The molecule has 0 bridgehead atoms.